The Bertz CT molecular complexity index is 3130. The topological polar surface area (TPSA) is 344 Å². The zero-order chi connectivity index (χ0) is 47.2. The van der Waals surface area contributed by atoms with Gasteiger partial charge in [0.05, 0.1) is 27.5 Å². The molecule has 3 aromatic heterocycles. The van der Waals surface area contributed by atoms with E-state index in [0.29, 0.717) is 16.9 Å². The number of azo groups is 1. The fraction of sp³-hybridized carbons (Fsp3) is 0.121. The molecule has 0 bridgehead atoms. The van der Waals surface area contributed by atoms with E-state index in [1.807, 2.05) is 0 Å². The Morgan fingerprint density at radius 2 is 1.26 bits per heavy atom. The van der Waals surface area contributed by atoms with Gasteiger partial charge in [-0.1, -0.05) is 58.9 Å². The molecule has 0 amide bonds. The van der Waals surface area contributed by atoms with Crippen LogP contribution in [0.4, 0.5) is 34.9 Å². The molecular weight excluding hydrogens is 1050 g/mol. The Balaban J connectivity index is 1.28. The van der Waals surface area contributed by atoms with Crippen molar-refractivity contribution in [3.05, 3.63) is 75.7 Å². The van der Waals surface area contributed by atoms with Crippen molar-refractivity contribution < 1.29 is 45.7 Å². The lowest BCUT2D eigenvalue weighted by Gasteiger charge is -2.15. The number of hydrogen-bond donors (Lipinski definition) is 7. The van der Waals surface area contributed by atoms with E-state index in [4.69, 9.17) is 51.7 Å². The Morgan fingerprint density at radius 1 is 0.667 bits per heavy atom. The lowest BCUT2D eigenvalue weighted by molar-refractivity contribution is -0.432. The van der Waals surface area contributed by atoms with Crippen molar-refractivity contribution in [1.29, 1.82) is 0 Å². The first-order valence-corrected chi connectivity index (χ1v) is 24.8. The number of fused-ring (bicyclic) bond motifs is 2. The lowest BCUT2D eigenvalue weighted by Crippen LogP contribution is -2.10. The summed E-state index contributed by atoms with van der Waals surface area (Å²) in [5.41, 5.74) is -0.965. The zero-order valence-electron chi connectivity index (χ0n) is 32.2. The van der Waals surface area contributed by atoms with E-state index in [1.165, 1.54) is 24.3 Å². The molecule has 0 radical (unpaired) electrons. The van der Waals surface area contributed by atoms with Gasteiger partial charge < -0.3 is 21.1 Å². The fourth-order valence-corrected chi connectivity index (χ4v) is 9.71. The van der Waals surface area contributed by atoms with Crippen LogP contribution in [0.25, 0.3) is 21.5 Å². The van der Waals surface area contributed by atoms with Crippen LogP contribution in [0.1, 0.15) is 0 Å². The van der Waals surface area contributed by atoms with Gasteiger partial charge in [0, 0.05) is 35.4 Å². The monoisotopic (exact) mass is 1080 g/mol. The Hall–Kier alpha value is -4.86. The summed E-state index contributed by atoms with van der Waals surface area (Å²) in [7, 11) is -9.83. The summed E-state index contributed by atoms with van der Waals surface area (Å²) in [5.74, 6) is -0.0515. The molecule has 0 atom stereocenters. The number of nitrogens with zero attached hydrogens (tertiary/aromatic N) is 11. The average Bonchev–Trinajstić information content (AvgIpc) is 3.24. The van der Waals surface area contributed by atoms with Crippen LogP contribution in [-0.2, 0) is 29.6 Å². The number of hydrogen-bond acceptors (Lipinski definition) is 25. The van der Waals surface area contributed by atoms with Crippen LogP contribution in [0.2, 0.25) is 21.1 Å². The molecule has 7 aromatic rings. The first kappa shape index (κ1) is 49.1. The standard InChI is InChI=1S/C33H24Cl4N14O10S5/c34-25-41-26(35)44-29(43-25)38-7-9-62-32-47-31(48-33(49-32)63-10-8-39-30-45-27(36)42-28(37)46-30)40-19-13-16(65(54,55)56)11-15-12-20(64-61-60-53)22(23(52)21(15)19)51-50-18-6-5-14-3-1-2-4-17(14)24(18)66(57,58)59/h1-6,11-13,52-53H,7-10H2,(H,54,55,56)(H,57,58,59)(H,38,41,43,44)(H,39,42,45,46)(H,40,47,48,49)/b51-50+. The van der Waals surface area contributed by atoms with Crippen molar-refractivity contribution in [2.45, 2.75) is 25.0 Å². The predicted molar refractivity (Wildman–Crippen MR) is 245 cm³/mol. The van der Waals surface area contributed by atoms with Gasteiger partial charge in [-0.2, -0.15) is 61.7 Å². The second kappa shape index (κ2) is 21.4. The summed E-state index contributed by atoms with van der Waals surface area (Å²) in [4.78, 5) is 35.3. The SMILES string of the molecule is O=S(=O)(O)c1cc(Nc2nc(SCCNc3nc(Cl)nc(Cl)n3)nc(SCCNc3nc(Cl)nc(Cl)n3)n2)c2c(O)c(/N=N/c3ccc4ccccc4c3S(=O)(=O)O)c(SOOO)cc2c1. The first-order chi connectivity index (χ1) is 31.4. The molecule has 0 unspecified atom stereocenters. The molecule has 33 heteroatoms. The van der Waals surface area contributed by atoms with Crippen LogP contribution in [0.3, 0.4) is 0 Å². The maximum atomic E-state index is 12.6. The molecule has 66 heavy (non-hydrogen) atoms. The third-order valence-corrected chi connectivity index (χ3v) is 13.0. The van der Waals surface area contributed by atoms with E-state index in [2.05, 4.69) is 80.4 Å². The van der Waals surface area contributed by atoms with Crippen LogP contribution >= 0.6 is 82.0 Å². The second-order valence-electron chi connectivity index (χ2n) is 12.4. The number of phenolic OH excluding ortho intramolecular Hbond substituents is 1. The van der Waals surface area contributed by atoms with Crippen molar-refractivity contribution in [2.75, 3.05) is 40.5 Å². The van der Waals surface area contributed by atoms with Gasteiger partial charge in [0.1, 0.15) is 16.3 Å². The molecular formula is C33H24Cl4N14O10S5. The average molecular weight is 1080 g/mol. The van der Waals surface area contributed by atoms with Gasteiger partial charge in [-0.3, -0.25) is 9.11 Å². The van der Waals surface area contributed by atoms with E-state index in [0.717, 1.165) is 35.7 Å². The van der Waals surface area contributed by atoms with Gasteiger partial charge in [-0.05, 0) is 81.4 Å². The fourth-order valence-electron chi connectivity index (χ4n) is 5.67. The van der Waals surface area contributed by atoms with E-state index >= 15 is 0 Å². The summed E-state index contributed by atoms with van der Waals surface area (Å²) in [6.45, 7) is 0.504. The van der Waals surface area contributed by atoms with Crippen molar-refractivity contribution in [3.8, 4) is 5.75 Å². The number of anilines is 4. The normalized spacial score (nSPS) is 12.0. The van der Waals surface area contributed by atoms with Crippen LogP contribution in [0.5, 0.6) is 5.75 Å². The Kier molecular flexibility index (Phi) is 15.9. The third-order valence-electron chi connectivity index (χ3n) is 8.19. The summed E-state index contributed by atoms with van der Waals surface area (Å²) in [6, 6.07) is 12.3. The highest BCUT2D eigenvalue weighted by molar-refractivity contribution is 7.99. The molecule has 7 rings (SSSR count). The minimum Gasteiger partial charge on any atom is -0.505 e. The molecule has 0 spiro atoms. The number of aromatic nitrogens is 9. The van der Waals surface area contributed by atoms with Gasteiger partial charge in [-0.25, -0.2) is 5.26 Å². The van der Waals surface area contributed by atoms with Gasteiger partial charge in [-0.15, -0.1) is 14.6 Å². The number of phenols is 1. The number of benzene rings is 4. The predicted octanol–water partition coefficient (Wildman–Crippen LogP) is 8.36. The number of nitrogens with one attached hydrogen (secondary N) is 3. The van der Waals surface area contributed by atoms with Gasteiger partial charge in [0.15, 0.2) is 16.1 Å². The van der Waals surface area contributed by atoms with Crippen molar-refractivity contribution in [3.63, 3.8) is 0 Å². The zero-order valence-corrected chi connectivity index (χ0v) is 39.3. The molecule has 0 saturated heterocycles. The molecule has 24 nitrogen and oxygen atoms in total. The van der Waals surface area contributed by atoms with E-state index in [1.54, 1.807) is 18.2 Å². The lowest BCUT2D eigenvalue weighted by atomic mass is 10.1. The maximum absolute atomic E-state index is 12.6. The van der Waals surface area contributed by atoms with E-state index in [9.17, 15) is 31.0 Å². The molecule has 0 aliphatic heterocycles. The minimum atomic E-state index is -4.93. The first-order valence-electron chi connectivity index (χ1n) is 17.7. The molecule has 4 aromatic carbocycles. The highest BCUT2D eigenvalue weighted by Gasteiger charge is 2.24. The van der Waals surface area contributed by atoms with Crippen LogP contribution in [-0.4, -0.2) is 106 Å². The van der Waals surface area contributed by atoms with Crippen molar-refractivity contribution >= 4 is 159 Å². The molecule has 0 saturated carbocycles. The quantitative estimate of drug-likeness (QED) is 0.00760. The largest absolute Gasteiger partial charge is 0.505 e. The maximum Gasteiger partial charge on any atom is 0.297 e. The summed E-state index contributed by atoms with van der Waals surface area (Å²) < 4.78 is 75.4. The number of thioether (sulfide) groups is 2. The Labute approximate surface area is 403 Å². The minimum absolute atomic E-state index is 0.0649. The number of halogens is 4. The molecule has 3 heterocycles. The van der Waals surface area contributed by atoms with Crippen LogP contribution in [0, 0.1) is 0 Å². The summed E-state index contributed by atoms with van der Waals surface area (Å²) >= 11 is 26.1. The van der Waals surface area contributed by atoms with E-state index in [-0.39, 0.29) is 107 Å². The molecule has 344 valence electrons. The van der Waals surface area contributed by atoms with Crippen molar-refractivity contribution in [1.82, 2.24) is 44.9 Å². The van der Waals surface area contributed by atoms with Crippen LogP contribution in [0.15, 0.2) is 89.8 Å². The summed E-state index contributed by atoms with van der Waals surface area (Å²) in [5, 5.41) is 41.8. The number of rotatable bonds is 19. The highest BCUT2D eigenvalue weighted by Crippen LogP contribution is 2.48. The highest BCUT2D eigenvalue weighted by atomic mass is 35.5. The molecule has 0 fully saturated rings. The van der Waals surface area contributed by atoms with Gasteiger partial charge >= 0.3 is 0 Å². The molecule has 0 aliphatic rings. The molecule has 7 N–H and O–H groups in total. The summed E-state index contributed by atoms with van der Waals surface area (Å²) in [6.07, 6.45) is 0. The van der Waals surface area contributed by atoms with Gasteiger partial charge in [0.2, 0.25) is 39.0 Å². The molecule has 0 aliphatic carbocycles. The van der Waals surface area contributed by atoms with Gasteiger partial charge in [0.25, 0.3) is 20.2 Å². The second-order valence-corrected chi connectivity index (χ2v) is 19.4. The van der Waals surface area contributed by atoms with Crippen LogP contribution < -0.4 is 16.0 Å². The smallest absolute Gasteiger partial charge is 0.297 e. The number of aromatic hydroxyl groups is 1. The third kappa shape index (κ3) is 12.6. The Morgan fingerprint density at radius 3 is 1.82 bits per heavy atom. The van der Waals surface area contributed by atoms with Crippen molar-refractivity contribution in [2.24, 2.45) is 10.2 Å². The van der Waals surface area contributed by atoms with E-state index < -0.39 is 41.5 Å².